The van der Waals surface area contributed by atoms with Gasteiger partial charge in [0.2, 0.25) is 0 Å². The molecule has 2 saturated heterocycles. The van der Waals surface area contributed by atoms with Crippen molar-refractivity contribution in [3.8, 4) is 22.5 Å². The van der Waals surface area contributed by atoms with Crippen molar-refractivity contribution in [2.24, 2.45) is 0 Å². The van der Waals surface area contributed by atoms with Crippen molar-refractivity contribution in [3.05, 3.63) is 72.3 Å². The third-order valence-electron chi connectivity index (χ3n) is 8.53. The molecule has 240 valence electrons. The molecule has 15 heteroatoms. The summed E-state index contributed by atoms with van der Waals surface area (Å²) in [6.07, 6.45) is -7.06. The SMILES string of the molecule is Cc1cccc(-c2cn([C@H]3[C@@H](O)[C@@H](C[C@@H]4O[C@H](CO)[C@H](O)[C@H](n5cc(-c6ccc([18F])cc6)nn5)[C@@H]4O)O[C@@H](CO)[C@H]3O)nn2)c1. The number of ether oxygens (including phenoxy) is 2. The summed E-state index contributed by atoms with van der Waals surface area (Å²) in [5.41, 5.74) is 3.25. The summed E-state index contributed by atoms with van der Waals surface area (Å²) in [5.74, 6) is -0.420. The fourth-order valence-electron chi connectivity index (χ4n) is 6.14. The lowest BCUT2D eigenvalue weighted by atomic mass is 9.85. The lowest BCUT2D eigenvalue weighted by molar-refractivity contribution is -0.242. The van der Waals surface area contributed by atoms with Crippen molar-refractivity contribution in [2.45, 2.75) is 74.3 Å². The Morgan fingerprint density at radius 2 is 1.18 bits per heavy atom. The van der Waals surface area contributed by atoms with Crippen LogP contribution in [-0.2, 0) is 9.47 Å². The van der Waals surface area contributed by atoms with Gasteiger partial charge in [0.15, 0.2) is 0 Å². The Labute approximate surface area is 256 Å². The molecule has 0 unspecified atom stereocenters. The van der Waals surface area contributed by atoms with E-state index in [1.807, 2.05) is 31.2 Å². The van der Waals surface area contributed by atoms with E-state index in [4.69, 9.17) is 9.47 Å². The van der Waals surface area contributed by atoms with Crippen LogP contribution in [0.1, 0.15) is 24.1 Å². The third kappa shape index (κ3) is 6.13. The van der Waals surface area contributed by atoms with Crippen molar-refractivity contribution >= 4 is 0 Å². The smallest absolute Gasteiger partial charge is 0.123 e. The van der Waals surface area contributed by atoms with Gasteiger partial charge in [-0.3, -0.25) is 0 Å². The molecule has 6 rings (SSSR count). The first kappa shape index (κ1) is 31.3. The predicted octanol–water partition coefficient (Wildman–Crippen LogP) is -0.213. The summed E-state index contributed by atoms with van der Waals surface area (Å²) in [6.45, 7) is 0.784. The first-order chi connectivity index (χ1) is 21.7. The lowest BCUT2D eigenvalue weighted by Gasteiger charge is -2.46. The van der Waals surface area contributed by atoms with Gasteiger partial charge in [0.05, 0.1) is 37.8 Å². The van der Waals surface area contributed by atoms with Gasteiger partial charge in [-0.2, -0.15) is 0 Å². The van der Waals surface area contributed by atoms with E-state index in [2.05, 4.69) is 20.6 Å². The Hall–Kier alpha value is -3.67. The average molecular weight is 626 g/mol. The van der Waals surface area contributed by atoms with E-state index in [0.717, 1.165) is 11.1 Å². The Balaban J connectivity index is 1.25. The van der Waals surface area contributed by atoms with Crippen LogP contribution in [-0.4, -0.2) is 123 Å². The third-order valence-corrected chi connectivity index (χ3v) is 8.53. The Kier molecular flexibility index (Phi) is 9.03. The van der Waals surface area contributed by atoms with Crippen LogP contribution in [0, 0.1) is 12.7 Å². The predicted molar refractivity (Wildman–Crippen MR) is 154 cm³/mol. The first-order valence-electron chi connectivity index (χ1n) is 14.6. The summed E-state index contributed by atoms with van der Waals surface area (Å²) in [5, 5.41) is 81.5. The number of hydrogen-bond acceptors (Lipinski definition) is 12. The van der Waals surface area contributed by atoms with Gasteiger partial charge in [-0.1, -0.05) is 34.2 Å². The second-order valence-electron chi connectivity index (χ2n) is 11.5. The molecule has 0 saturated carbocycles. The number of aryl methyl sites for hydroxylation is 1. The number of rotatable bonds is 8. The van der Waals surface area contributed by atoms with Gasteiger partial charge in [0.25, 0.3) is 0 Å². The molecule has 2 aliphatic heterocycles. The minimum atomic E-state index is -1.42. The van der Waals surface area contributed by atoms with Crippen molar-refractivity contribution in [1.29, 1.82) is 0 Å². The van der Waals surface area contributed by atoms with Crippen LogP contribution in [0.4, 0.5) is 4.39 Å². The van der Waals surface area contributed by atoms with E-state index in [9.17, 15) is 35.0 Å². The molecule has 2 aliphatic rings. The summed E-state index contributed by atoms with van der Waals surface area (Å²) in [4.78, 5) is 0. The number of nitrogens with zero attached hydrogens (tertiary/aromatic N) is 6. The highest BCUT2D eigenvalue weighted by molar-refractivity contribution is 5.58. The normalized spacial score (nSPS) is 32.1. The molecule has 2 aromatic carbocycles. The lowest BCUT2D eigenvalue weighted by Crippen LogP contribution is -2.60. The van der Waals surface area contributed by atoms with E-state index >= 15 is 0 Å². The molecule has 0 bridgehead atoms. The van der Waals surface area contributed by atoms with Crippen LogP contribution in [0.25, 0.3) is 22.5 Å². The Morgan fingerprint density at radius 3 is 1.67 bits per heavy atom. The van der Waals surface area contributed by atoms with Gasteiger partial charge in [-0.05, 0) is 37.3 Å². The molecular formula is C30H35FN6O8. The van der Waals surface area contributed by atoms with Crippen molar-refractivity contribution in [2.75, 3.05) is 13.2 Å². The van der Waals surface area contributed by atoms with Gasteiger partial charge < -0.3 is 40.1 Å². The molecule has 0 radical (unpaired) electrons. The molecule has 45 heavy (non-hydrogen) atoms. The summed E-state index contributed by atoms with van der Waals surface area (Å²) in [6, 6.07) is 11.0. The number of hydrogen-bond donors (Lipinski definition) is 6. The van der Waals surface area contributed by atoms with Gasteiger partial charge >= 0.3 is 0 Å². The first-order valence-corrected chi connectivity index (χ1v) is 14.6. The zero-order chi connectivity index (χ0) is 31.8. The van der Waals surface area contributed by atoms with E-state index in [0.29, 0.717) is 17.0 Å². The zero-order valence-corrected chi connectivity index (χ0v) is 24.2. The van der Waals surface area contributed by atoms with Gasteiger partial charge in [0.1, 0.15) is 65.9 Å². The molecule has 4 aromatic rings. The quantitative estimate of drug-likeness (QED) is 0.151. The molecule has 2 aromatic heterocycles. The second kappa shape index (κ2) is 13.0. The standard InChI is InChI=1S/C30H35FN6O8/c1-15-3-2-4-17(9-15)20-12-37(35-33-20)26-28(41)22(45-24(14-39)30(26)43)10-21-27(40)25(29(42)23(13-38)44-21)36-11-19(32-34-36)16-5-7-18(31)8-6-16/h2-9,11-12,21-30,38-43H,10,13-14H2,1H3/t21-,22+,23+,24-,25+,26-,27+,28-,29-,30+/m0/s1/i31-1. The molecule has 4 heterocycles. The summed E-state index contributed by atoms with van der Waals surface area (Å²) in [7, 11) is 0. The minimum Gasteiger partial charge on any atom is -0.394 e. The van der Waals surface area contributed by atoms with E-state index in [1.165, 1.54) is 39.8 Å². The highest BCUT2D eigenvalue weighted by Gasteiger charge is 2.51. The van der Waals surface area contributed by atoms with E-state index in [1.54, 1.807) is 6.20 Å². The Bertz CT molecular complexity index is 1590. The van der Waals surface area contributed by atoms with Crippen LogP contribution in [0.5, 0.6) is 0 Å². The van der Waals surface area contributed by atoms with Crippen molar-refractivity contribution in [3.63, 3.8) is 0 Å². The van der Waals surface area contributed by atoms with Gasteiger partial charge in [0, 0.05) is 17.5 Å². The highest BCUT2D eigenvalue weighted by Crippen LogP contribution is 2.37. The monoisotopic (exact) mass is 625 g/mol. The van der Waals surface area contributed by atoms with Gasteiger partial charge in [-0.25, -0.2) is 13.8 Å². The number of aliphatic hydroxyl groups is 6. The largest absolute Gasteiger partial charge is 0.394 e. The van der Waals surface area contributed by atoms with Crippen LogP contribution in [0.3, 0.4) is 0 Å². The summed E-state index contributed by atoms with van der Waals surface area (Å²) >= 11 is 0. The maximum absolute atomic E-state index is 13.4. The minimum absolute atomic E-state index is 0.152. The average Bonchev–Trinajstić information content (AvgIpc) is 3.71. The fourth-order valence-corrected chi connectivity index (χ4v) is 6.14. The van der Waals surface area contributed by atoms with Crippen LogP contribution >= 0.6 is 0 Å². The molecule has 10 atom stereocenters. The molecule has 14 nitrogen and oxygen atoms in total. The summed E-state index contributed by atoms with van der Waals surface area (Å²) < 4.78 is 27.8. The zero-order valence-electron chi connectivity index (χ0n) is 24.2. The van der Waals surface area contributed by atoms with E-state index in [-0.39, 0.29) is 6.42 Å². The molecule has 0 amide bonds. The van der Waals surface area contributed by atoms with E-state index < -0.39 is 79.9 Å². The molecule has 2 fully saturated rings. The van der Waals surface area contributed by atoms with Crippen molar-refractivity contribution in [1.82, 2.24) is 30.0 Å². The fraction of sp³-hybridized carbons (Fsp3) is 0.467. The number of benzene rings is 2. The molecular weight excluding hydrogens is 590 g/mol. The molecule has 0 aliphatic carbocycles. The van der Waals surface area contributed by atoms with Crippen LogP contribution in [0.2, 0.25) is 0 Å². The van der Waals surface area contributed by atoms with Crippen molar-refractivity contribution < 1.29 is 44.5 Å². The molecule has 6 N–H and O–H groups in total. The topological polar surface area (TPSA) is 201 Å². The van der Waals surface area contributed by atoms with Crippen LogP contribution < -0.4 is 0 Å². The van der Waals surface area contributed by atoms with Gasteiger partial charge in [-0.15, -0.1) is 10.2 Å². The number of aliphatic hydroxyl groups excluding tert-OH is 6. The number of aromatic nitrogens is 6. The molecule has 0 spiro atoms. The maximum atomic E-state index is 13.4. The highest BCUT2D eigenvalue weighted by atomic mass is 18.2. The second-order valence-corrected chi connectivity index (χ2v) is 11.5. The Morgan fingerprint density at radius 1 is 0.689 bits per heavy atom. The van der Waals surface area contributed by atoms with Crippen LogP contribution in [0.15, 0.2) is 60.9 Å². The number of halogens is 1. The maximum Gasteiger partial charge on any atom is 0.123 e.